The monoisotopic (exact) mass is 376 g/mol. The minimum absolute atomic E-state index is 0.0533. The highest BCUT2D eigenvalue weighted by atomic mass is 16.6. The van der Waals surface area contributed by atoms with Crippen molar-refractivity contribution >= 4 is 23.9 Å². The fourth-order valence-corrected chi connectivity index (χ4v) is 2.68. The van der Waals surface area contributed by atoms with E-state index in [1.807, 2.05) is 0 Å². The van der Waals surface area contributed by atoms with E-state index in [2.05, 4.69) is 15.6 Å². The predicted octanol–water partition coefficient (Wildman–Crippen LogP) is 1.87. The summed E-state index contributed by atoms with van der Waals surface area (Å²) in [6.45, 7) is 3.11. The molecular weight excluding hydrogens is 356 g/mol. The van der Waals surface area contributed by atoms with Crippen molar-refractivity contribution in [2.24, 2.45) is 0 Å². The molecular formula is C17H20N4O6. The van der Waals surface area contributed by atoms with Crippen LogP contribution in [0.5, 0.6) is 0 Å². The van der Waals surface area contributed by atoms with Gasteiger partial charge in [-0.25, -0.2) is 4.79 Å². The van der Waals surface area contributed by atoms with Gasteiger partial charge in [-0.15, -0.1) is 0 Å². The standard InChI is InChI=1S/C17H20N4O6/c1-2-25-17(24)21-7-5-11(6-8-21)18-14(22)12-10-27-16(19-12)20-15(23)13-4-3-9-26-13/h3-4,9-11H,2,5-8H2,1H3,(H,18,22)(H,19,20,23). The van der Waals surface area contributed by atoms with E-state index in [0.29, 0.717) is 32.5 Å². The first-order valence-corrected chi connectivity index (χ1v) is 8.59. The molecule has 10 nitrogen and oxygen atoms in total. The molecule has 27 heavy (non-hydrogen) atoms. The number of oxazole rings is 1. The lowest BCUT2D eigenvalue weighted by Gasteiger charge is -2.31. The average molecular weight is 376 g/mol. The number of amides is 3. The molecule has 0 saturated carbocycles. The molecule has 0 unspecified atom stereocenters. The van der Waals surface area contributed by atoms with E-state index in [0.717, 1.165) is 0 Å². The van der Waals surface area contributed by atoms with Gasteiger partial charge < -0.3 is 23.8 Å². The molecule has 144 valence electrons. The van der Waals surface area contributed by atoms with Crippen LogP contribution < -0.4 is 10.6 Å². The summed E-state index contributed by atoms with van der Waals surface area (Å²) in [7, 11) is 0. The number of likely N-dealkylation sites (tertiary alicyclic amines) is 1. The summed E-state index contributed by atoms with van der Waals surface area (Å²) in [5.74, 6) is -0.834. The Hall–Kier alpha value is -3.30. The number of hydrogen-bond donors (Lipinski definition) is 2. The van der Waals surface area contributed by atoms with E-state index in [1.165, 1.54) is 18.6 Å². The summed E-state index contributed by atoms with van der Waals surface area (Å²) in [6.07, 6.45) is 3.43. The van der Waals surface area contributed by atoms with Gasteiger partial charge in [-0.05, 0) is 31.9 Å². The SMILES string of the molecule is CCOC(=O)N1CCC(NC(=O)c2coc(NC(=O)c3ccco3)n2)CC1. The Kier molecular flexibility index (Phi) is 5.74. The molecule has 1 aliphatic heterocycles. The summed E-state index contributed by atoms with van der Waals surface area (Å²) in [6, 6.07) is 2.89. The molecule has 2 aromatic heterocycles. The Bertz CT molecular complexity index is 792. The zero-order valence-corrected chi connectivity index (χ0v) is 14.8. The number of rotatable bonds is 5. The van der Waals surface area contributed by atoms with E-state index in [-0.39, 0.29) is 29.6 Å². The molecule has 0 atom stereocenters. The number of nitrogens with zero attached hydrogens (tertiary/aromatic N) is 2. The third-order valence-corrected chi connectivity index (χ3v) is 4.06. The second-order valence-corrected chi connectivity index (χ2v) is 5.90. The maximum absolute atomic E-state index is 12.3. The van der Waals surface area contributed by atoms with E-state index in [4.69, 9.17) is 13.6 Å². The van der Waals surface area contributed by atoms with Crippen LogP contribution in [0.2, 0.25) is 0 Å². The molecule has 0 aliphatic carbocycles. The second kappa shape index (κ2) is 8.39. The first-order chi connectivity index (χ1) is 13.1. The first-order valence-electron chi connectivity index (χ1n) is 8.59. The first kappa shape index (κ1) is 18.5. The van der Waals surface area contributed by atoms with Crippen molar-refractivity contribution in [2.45, 2.75) is 25.8 Å². The summed E-state index contributed by atoms with van der Waals surface area (Å²) in [4.78, 5) is 41.4. The maximum atomic E-state index is 12.3. The van der Waals surface area contributed by atoms with Gasteiger partial charge in [0, 0.05) is 19.1 Å². The van der Waals surface area contributed by atoms with E-state index >= 15 is 0 Å². The summed E-state index contributed by atoms with van der Waals surface area (Å²) in [5.41, 5.74) is 0.0533. The number of hydrogen-bond acceptors (Lipinski definition) is 7. The van der Waals surface area contributed by atoms with Crippen molar-refractivity contribution in [2.75, 3.05) is 25.0 Å². The van der Waals surface area contributed by atoms with Gasteiger partial charge in [0.2, 0.25) is 0 Å². The lowest BCUT2D eigenvalue weighted by Crippen LogP contribution is -2.46. The number of anilines is 1. The molecule has 3 amide bonds. The molecule has 2 aromatic rings. The molecule has 2 N–H and O–H groups in total. The predicted molar refractivity (Wildman–Crippen MR) is 92.2 cm³/mol. The Morgan fingerprint density at radius 3 is 2.70 bits per heavy atom. The van der Waals surface area contributed by atoms with Crippen molar-refractivity contribution in [1.82, 2.24) is 15.2 Å². The number of carbonyl (C=O) groups is 3. The topological polar surface area (TPSA) is 127 Å². The van der Waals surface area contributed by atoms with Gasteiger partial charge in [0.25, 0.3) is 11.8 Å². The molecule has 1 fully saturated rings. The van der Waals surface area contributed by atoms with Crippen LogP contribution in [0, 0.1) is 0 Å². The average Bonchev–Trinajstić information content (AvgIpc) is 3.34. The lowest BCUT2D eigenvalue weighted by atomic mass is 10.1. The fraction of sp³-hybridized carbons (Fsp3) is 0.412. The second-order valence-electron chi connectivity index (χ2n) is 5.90. The van der Waals surface area contributed by atoms with Crippen LogP contribution in [0.15, 0.2) is 33.5 Å². The van der Waals surface area contributed by atoms with Gasteiger partial charge in [-0.1, -0.05) is 0 Å². The molecule has 0 aromatic carbocycles. The van der Waals surface area contributed by atoms with E-state index in [9.17, 15) is 14.4 Å². The molecule has 10 heteroatoms. The minimum atomic E-state index is -0.528. The van der Waals surface area contributed by atoms with Crippen LogP contribution in [0.25, 0.3) is 0 Å². The highest BCUT2D eigenvalue weighted by Gasteiger charge is 2.25. The number of furan rings is 1. The van der Waals surface area contributed by atoms with Crippen LogP contribution >= 0.6 is 0 Å². The van der Waals surface area contributed by atoms with Gasteiger partial charge in [-0.2, -0.15) is 4.98 Å². The quantitative estimate of drug-likeness (QED) is 0.815. The highest BCUT2D eigenvalue weighted by Crippen LogP contribution is 2.14. The molecule has 0 bridgehead atoms. The van der Waals surface area contributed by atoms with Crippen LogP contribution in [0.4, 0.5) is 10.8 Å². The lowest BCUT2D eigenvalue weighted by molar-refractivity contribution is 0.0855. The van der Waals surface area contributed by atoms with Crippen molar-refractivity contribution in [3.05, 3.63) is 36.1 Å². The largest absolute Gasteiger partial charge is 0.459 e. The smallest absolute Gasteiger partial charge is 0.409 e. The summed E-state index contributed by atoms with van der Waals surface area (Å²) < 4.78 is 15.0. The van der Waals surface area contributed by atoms with Gasteiger partial charge in [-0.3, -0.25) is 14.9 Å². The Balaban J connectivity index is 1.49. The Morgan fingerprint density at radius 2 is 2.04 bits per heavy atom. The van der Waals surface area contributed by atoms with E-state index in [1.54, 1.807) is 17.9 Å². The minimum Gasteiger partial charge on any atom is -0.459 e. The van der Waals surface area contributed by atoms with Crippen molar-refractivity contribution in [3.63, 3.8) is 0 Å². The normalized spacial score (nSPS) is 14.6. The Labute approximate surface area is 154 Å². The number of piperidine rings is 1. The maximum Gasteiger partial charge on any atom is 0.409 e. The molecule has 1 aliphatic rings. The van der Waals surface area contributed by atoms with Crippen molar-refractivity contribution < 1.29 is 28.0 Å². The van der Waals surface area contributed by atoms with Crippen LogP contribution in [-0.4, -0.2) is 53.5 Å². The molecule has 3 heterocycles. The number of carbonyl (C=O) groups excluding carboxylic acids is 3. The highest BCUT2D eigenvalue weighted by molar-refractivity contribution is 6.01. The zero-order valence-electron chi connectivity index (χ0n) is 14.8. The van der Waals surface area contributed by atoms with Gasteiger partial charge in [0.15, 0.2) is 11.5 Å². The van der Waals surface area contributed by atoms with Crippen LogP contribution in [0.3, 0.4) is 0 Å². The Morgan fingerprint density at radius 1 is 1.26 bits per heavy atom. The fourth-order valence-electron chi connectivity index (χ4n) is 2.68. The molecule has 3 rings (SSSR count). The van der Waals surface area contributed by atoms with Gasteiger partial charge >= 0.3 is 12.1 Å². The summed E-state index contributed by atoms with van der Waals surface area (Å²) in [5, 5.41) is 5.25. The number of aromatic nitrogens is 1. The third-order valence-electron chi connectivity index (χ3n) is 4.06. The van der Waals surface area contributed by atoms with Crippen LogP contribution in [-0.2, 0) is 4.74 Å². The third kappa shape index (κ3) is 4.66. The molecule has 0 radical (unpaired) electrons. The van der Waals surface area contributed by atoms with E-state index < -0.39 is 11.8 Å². The van der Waals surface area contributed by atoms with Crippen molar-refractivity contribution in [3.8, 4) is 0 Å². The molecule has 1 saturated heterocycles. The van der Waals surface area contributed by atoms with Crippen molar-refractivity contribution in [1.29, 1.82) is 0 Å². The van der Waals surface area contributed by atoms with Crippen LogP contribution in [0.1, 0.15) is 40.8 Å². The number of nitrogens with one attached hydrogen (secondary N) is 2. The summed E-state index contributed by atoms with van der Waals surface area (Å²) >= 11 is 0. The number of ether oxygens (including phenoxy) is 1. The zero-order chi connectivity index (χ0) is 19.2. The van der Waals surface area contributed by atoms with Gasteiger partial charge in [0.05, 0.1) is 12.9 Å². The molecule has 0 spiro atoms. The van der Waals surface area contributed by atoms with Gasteiger partial charge in [0.1, 0.15) is 6.26 Å².